The number of halogens is 1. The van der Waals surface area contributed by atoms with Gasteiger partial charge < -0.3 is 20.1 Å². The van der Waals surface area contributed by atoms with Gasteiger partial charge in [0.05, 0.1) is 12.6 Å². The lowest BCUT2D eigenvalue weighted by Crippen LogP contribution is -2.54. The summed E-state index contributed by atoms with van der Waals surface area (Å²) in [6.45, 7) is 3.03. The average molecular weight is 455 g/mol. The fourth-order valence-electron chi connectivity index (χ4n) is 4.18. The molecular formula is C25H27ClN2O4. The van der Waals surface area contributed by atoms with E-state index in [0.29, 0.717) is 31.0 Å². The molecule has 2 N–H and O–H groups in total. The molecule has 0 aromatic heterocycles. The maximum absolute atomic E-state index is 12.7. The minimum atomic E-state index is -0.262. The van der Waals surface area contributed by atoms with Crippen LogP contribution in [-0.2, 0) is 20.9 Å². The van der Waals surface area contributed by atoms with E-state index in [9.17, 15) is 9.59 Å². The van der Waals surface area contributed by atoms with Crippen molar-refractivity contribution in [3.8, 4) is 5.75 Å². The molecule has 2 aliphatic rings. The number of carbonyl (C=O) groups excluding carboxylic acids is 2. The van der Waals surface area contributed by atoms with Crippen molar-refractivity contribution in [3.63, 3.8) is 0 Å². The zero-order chi connectivity index (χ0) is 22.5. The summed E-state index contributed by atoms with van der Waals surface area (Å²) in [5.41, 5.74) is 1.82. The lowest BCUT2D eigenvalue weighted by Gasteiger charge is -2.39. The Morgan fingerprint density at radius 1 is 1.25 bits per heavy atom. The van der Waals surface area contributed by atoms with E-state index in [2.05, 4.69) is 10.6 Å². The third kappa shape index (κ3) is 5.43. The molecule has 3 unspecified atom stereocenters. The van der Waals surface area contributed by atoms with Crippen LogP contribution in [0.4, 0.5) is 0 Å². The topological polar surface area (TPSA) is 76.7 Å². The van der Waals surface area contributed by atoms with Gasteiger partial charge in [-0.1, -0.05) is 35.9 Å². The summed E-state index contributed by atoms with van der Waals surface area (Å²) < 4.78 is 11.4. The van der Waals surface area contributed by atoms with Crippen LogP contribution in [-0.4, -0.2) is 30.6 Å². The Hall–Kier alpha value is -2.99. The fourth-order valence-corrected chi connectivity index (χ4v) is 4.38. The maximum atomic E-state index is 12.7. The largest absolute Gasteiger partial charge is 0.494 e. The summed E-state index contributed by atoms with van der Waals surface area (Å²) in [5, 5.41) is 6.64. The standard InChI is InChI=1S/C25H27ClN2O4/c1-2-31-20-9-6-16(7-10-20)15-27-24(29)18-8-11-22-21(14-18)28-25(30)23(32-22)13-17-4-3-5-19(26)12-17/h3-7,9-10,12-13,18,21-22H,2,8,11,14-15H2,1H3,(H,27,29)(H,28,30)/b23-13+. The first-order valence-corrected chi connectivity index (χ1v) is 11.3. The van der Waals surface area contributed by atoms with Crippen molar-refractivity contribution in [1.29, 1.82) is 0 Å². The number of hydrogen-bond acceptors (Lipinski definition) is 4. The van der Waals surface area contributed by atoms with Gasteiger partial charge in [0.1, 0.15) is 11.9 Å². The van der Waals surface area contributed by atoms with E-state index in [1.165, 1.54) is 0 Å². The van der Waals surface area contributed by atoms with Crippen molar-refractivity contribution < 1.29 is 19.1 Å². The van der Waals surface area contributed by atoms with Gasteiger partial charge in [0, 0.05) is 17.5 Å². The highest BCUT2D eigenvalue weighted by Gasteiger charge is 2.40. The van der Waals surface area contributed by atoms with Crippen molar-refractivity contribution in [1.82, 2.24) is 10.6 Å². The first kappa shape index (κ1) is 22.2. The van der Waals surface area contributed by atoms with Gasteiger partial charge in [0.15, 0.2) is 5.76 Å². The zero-order valence-electron chi connectivity index (χ0n) is 18.0. The van der Waals surface area contributed by atoms with Gasteiger partial charge in [-0.25, -0.2) is 0 Å². The van der Waals surface area contributed by atoms with Crippen LogP contribution in [0.5, 0.6) is 5.75 Å². The summed E-state index contributed by atoms with van der Waals surface area (Å²) in [4.78, 5) is 25.3. The summed E-state index contributed by atoms with van der Waals surface area (Å²) in [6.07, 6.45) is 3.56. The molecule has 3 atom stereocenters. The van der Waals surface area contributed by atoms with E-state index in [1.807, 2.05) is 43.3 Å². The zero-order valence-corrected chi connectivity index (χ0v) is 18.7. The minimum Gasteiger partial charge on any atom is -0.494 e. The number of hydrogen-bond donors (Lipinski definition) is 2. The van der Waals surface area contributed by atoms with Crippen molar-refractivity contribution in [2.24, 2.45) is 5.92 Å². The third-order valence-corrected chi connectivity index (χ3v) is 6.06. The molecule has 6 nitrogen and oxygen atoms in total. The Morgan fingerprint density at radius 2 is 2.06 bits per heavy atom. The molecular weight excluding hydrogens is 428 g/mol. The lowest BCUT2D eigenvalue weighted by atomic mass is 9.82. The van der Waals surface area contributed by atoms with Crippen molar-refractivity contribution in [2.45, 2.75) is 44.9 Å². The van der Waals surface area contributed by atoms with Crippen LogP contribution in [0.2, 0.25) is 5.02 Å². The van der Waals surface area contributed by atoms with Gasteiger partial charge >= 0.3 is 0 Å². The highest BCUT2D eigenvalue weighted by Crippen LogP contribution is 2.31. The van der Waals surface area contributed by atoms with Gasteiger partial charge in [0.25, 0.3) is 5.91 Å². The average Bonchev–Trinajstić information content (AvgIpc) is 2.79. The quantitative estimate of drug-likeness (QED) is 0.645. The predicted molar refractivity (Wildman–Crippen MR) is 123 cm³/mol. The van der Waals surface area contributed by atoms with Gasteiger partial charge in [-0.2, -0.15) is 0 Å². The molecule has 0 bridgehead atoms. The number of amides is 2. The summed E-state index contributed by atoms with van der Waals surface area (Å²) in [6, 6.07) is 14.8. The van der Waals surface area contributed by atoms with E-state index in [-0.39, 0.29) is 35.6 Å². The summed E-state index contributed by atoms with van der Waals surface area (Å²) in [7, 11) is 0. The monoisotopic (exact) mass is 454 g/mol. The second kappa shape index (κ2) is 10.1. The van der Waals surface area contributed by atoms with Crippen LogP contribution in [0, 0.1) is 5.92 Å². The van der Waals surface area contributed by atoms with Crippen LogP contribution < -0.4 is 15.4 Å². The highest BCUT2D eigenvalue weighted by atomic mass is 35.5. The van der Waals surface area contributed by atoms with E-state index < -0.39 is 0 Å². The molecule has 1 saturated carbocycles. The van der Waals surface area contributed by atoms with E-state index in [0.717, 1.165) is 23.3 Å². The molecule has 0 radical (unpaired) electrons. The fraction of sp³-hybridized carbons (Fsp3) is 0.360. The summed E-state index contributed by atoms with van der Waals surface area (Å²) in [5.74, 6) is 0.694. The SMILES string of the molecule is CCOc1ccc(CNC(=O)C2CCC3O/C(=C/c4cccc(Cl)c4)C(=O)NC3C2)cc1. The van der Waals surface area contributed by atoms with Crippen molar-refractivity contribution >= 4 is 29.5 Å². The molecule has 1 heterocycles. The van der Waals surface area contributed by atoms with E-state index >= 15 is 0 Å². The smallest absolute Gasteiger partial charge is 0.286 e. The lowest BCUT2D eigenvalue weighted by molar-refractivity contribution is -0.134. The molecule has 1 aliphatic heterocycles. The van der Waals surface area contributed by atoms with Crippen LogP contribution in [0.3, 0.4) is 0 Å². The van der Waals surface area contributed by atoms with E-state index in [4.69, 9.17) is 21.1 Å². The van der Waals surface area contributed by atoms with Gasteiger partial charge in [-0.05, 0) is 67.7 Å². The first-order valence-electron chi connectivity index (χ1n) is 11.0. The Balaban J connectivity index is 1.31. The summed E-state index contributed by atoms with van der Waals surface area (Å²) >= 11 is 6.03. The van der Waals surface area contributed by atoms with E-state index in [1.54, 1.807) is 18.2 Å². The molecule has 0 spiro atoms. The molecule has 168 valence electrons. The van der Waals surface area contributed by atoms with Crippen molar-refractivity contribution in [3.05, 3.63) is 70.4 Å². The number of nitrogens with one attached hydrogen (secondary N) is 2. The Kier molecular flexibility index (Phi) is 7.00. The van der Waals surface area contributed by atoms with Gasteiger partial charge in [-0.3, -0.25) is 9.59 Å². The number of morpholine rings is 1. The van der Waals surface area contributed by atoms with Crippen LogP contribution in [0.1, 0.15) is 37.3 Å². The minimum absolute atomic E-state index is 0.00634. The van der Waals surface area contributed by atoms with Crippen LogP contribution in [0.25, 0.3) is 6.08 Å². The molecule has 7 heteroatoms. The van der Waals surface area contributed by atoms with Gasteiger partial charge in [0.2, 0.25) is 5.91 Å². The third-order valence-electron chi connectivity index (χ3n) is 5.82. The normalized spacial score (nSPS) is 23.6. The maximum Gasteiger partial charge on any atom is 0.286 e. The number of carbonyl (C=O) groups is 2. The van der Waals surface area contributed by atoms with Crippen LogP contribution >= 0.6 is 11.6 Å². The Bertz CT molecular complexity index is 1010. The molecule has 2 aromatic carbocycles. The number of ether oxygens (including phenoxy) is 2. The van der Waals surface area contributed by atoms with Gasteiger partial charge in [-0.15, -0.1) is 0 Å². The Morgan fingerprint density at radius 3 is 2.81 bits per heavy atom. The van der Waals surface area contributed by atoms with Crippen LogP contribution in [0.15, 0.2) is 54.3 Å². The highest BCUT2D eigenvalue weighted by molar-refractivity contribution is 6.30. The molecule has 2 amide bonds. The number of benzene rings is 2. The Labute approximate surface area is 192 Å². The molecule has 1 saturated heterocycles. The molecule has 4 rings (SSSR count). The number of rotatable bonds is 6. The van der Waals surface area contributed by atoms with Crippen molar-refractivity contribution in [2.75, 3.05) is 6.61 Å². The second-order valence-electron chi connectivity index (χ2n) is 8.10. The predicted octanol–water partition coefficient (Wildman–Crippen LogP) is 4.08. The molecule has 2 fully saturated rings. The second-order valence-corrected chi connectivity index (χ2v) is 8.54. The molecule has 32 heavy (non-hydrogen) atoms. The first-order chi connectivity index (χ1) is 15.5. The molecule has 1 aliphatic carbocycles. The number of fused-ring (bicyclic) bond motifs is 1. The molecule has 2 aromatic rings.